The Morgan fingerprint density at radius 1 is 1.21 bits per heavy atom. The maximum Gasteiger partial charge on any atom is 0.514 e. The zero-order valence-corrected chi connectivity index (χ0v) is 11.4. The summed E-state index contributed by atoms with van der Waals surface area (Å²) in [6.45, 7) is 4.11. The normalized spacial score (nSPS) is 14.9. The molecule has 0 rings (SSSR count). The second-order valence-electron chi connectivity index (χ2n) is 2.72. The van der Waals surface area contributed by atoms with Gasteiger partial charge in [-0.3, -0.25) is 0 Å². The van der Waals surface area contributed by atoms with Crippen LogP contribution in [0.4, 0.5) is 0 Å². The third kappa shape index (κ3) is 3.40. The Kier molecular flexibility index (Phi) is 7.57. The van der Waals surface area contributed by atoms with Crippen molar-refractivity contribution in [2.75, 3.05) is 21.3 Å². The highest BCUT2D eigenvalue weighted by Crippen LogP contribution is 2.27. The molecule has 0 saturated heterocycles. The molecule has 0 bridgehead atoms. The second kappa shape index (κ2) is 7.47. The van der Waals surface area contributed by atoms with Crippen molar-refractivity contribution >= 4 is 20.6 Å². The Balaban J connectivity index is 4.56. The van der Waals surface area contributed by atoms with E-state index in [1.54, 1.807) is 33.1 Å². The van der Waals surface area contributed by atoms with Gasteiger partial charge in [0.05, 0.1) is 4.87 Å². The monoisotopic (exact) mass is 236 g/mol. The van der Waals surface area contributed by atoms with Crippen molar-refractivity contribution in [1.29, 1.82) is 0 Å². The van der Waals surface area contributed by atoms with Crippen LogP contribution in [0.2, 0.25) is 0 Å². The molecule has 3 nitrogen and oxygen atoms in total. The van der Waals surface area contributed by atoms with Crippen molar-refractivity contribution in [2.45, 2.75) is 25.1 Å². The van der Waals surface area contributed by atoms with Gasteiger partial charge in [0.2, 0.25) is 0 Å². The molecule has 0 aliphatic carbocycles. The Morgan fingerprint density at radius 3 is 2.00 bits per heavy atom. The lowest BCUT2D eigenvalue weighted by Gasteiger charge is -2.30. The molecule has 0 aliphatic rings. The summed E-state index contributed by atoms with van der Waals surface area (Å²) in [5.41, 5.74) is 0. The van der Waals surface area contributed by atoms with Crippen molar-refractivity contribution in [1.82, 2.24) is 0 Å². The molecular formula is C9H20O3SSi. The summed E-state index contributed by atoms with van der Waals surface area (Å²) < 4.78 is 16.3. The van der Waals surface area contributed by atoms with E-state index in [-0.39, 0.29) is 4.87 Å². The van der Waals surface area contributed by atoms with Crippen LogP contribution in [0.5, 0.6) is 0 Å². The van der Waals surface area contributed by atoms with Crippen LogP contribution in [-0.4, -0.2) is 35.0 Å². The van der Waals surface area contributed by atoms with E-state index in [1.807, 2.05) is 18.4 Å². The second-order valence-corrected chi connectivity index (χ2v) is 7.38. The smallest absolute Gasteiger partial charge is 0.376 e. The minimum absolute atomic E-state index is 0.263. The van der Waals surface area contributed by atoms with E-state index in [9.17, 15) is 0 Å². The average Bonchev–Trinajstić information content (AvgIpc) is 2.25. The minimum Gasteiger partial charge on any atom is -0.376 e. The van der Waals surface area contributed by atoms with Crippen molar-refractivity contribution < 1.29 is 13.3 Å². The SMILES string of the molecule is CC=CSC(CC)[Si](OC)(OC)OC. The van der Waals surface area contributed by atoms with E-state index in [4.69, 9.17) is 13.3 Å². The summed E-state index contributed by atoms with van der Waals surface area (Å²) >= 11 is 1.71. The summed E-state index contributed by atoms with van der Waals surface area (Å²) in [6, 6.07) is 0. The highest BCUT2D eigenvalue weighted by Gasteiger charge is 2.46. The first-order chi connectivity index (χ1) is 6.70. The lowest BCUT2D eigenvalue weighted by atomic mass is 10.6. The van der Waals surface area contributed by atoms with Crippen molar-refractivity contribution in [2.24, 2.45) is 0 Å². The third-order valence-corrected chi connectivity index (χ3v) is 7.27. The topological polar surface area (TPSA) is 27.7 Å². The van der Waals surface area contributed by atoms with E-state index < -0.39 is 8.80 Å². The van der Waals surface area contributed by atoms with Crippen molar-refractivity contribution in [3.05, 3.63) is 11.5 Å². The highest BCUT2D eigenvalue weighted by molar-refractivity contribution is 8.04. The largest absolute Gasteiger partial charge is 0.514 e. The van der Waals surface area contributed by atoms with Crippen LogP contribution in [0.1, 0.15) is 20.3 Å². The maximum atomic E-state index is 5.43. The summed E-state index contributed by atoms with van der Waals surface area (Å²) in [7, 11) is 2.48. The molecule has 0 heterocycles. The molecule has 0 aromatic heterocycles. The summed E-state index contributed by atoms with van der Waals surface area (Å²) in [4.78, 5) is 0.263. The first kappa shape index (κ1) is 14.2. The summed E-state index contributed by atoms with van der Waals surface area (Å²) in [5, 5.41) is 2.05. The molecule has 0 spiro atoms. The van der Waals surface area contributed by atoms with Gasteiger partial charge in [-0.1, -0.05) is 13.0 Å². The first-order valence-electron chi connectivity index (χ1n) is 4.62. The van der Waals surface area contributed by atoms with Gasteiger partial charge < -0.3 is 13.3 Å². The number of allylic oxidation sites excluding steroid dienone is 1. The summed E-state index contributed by atoms with van der Waals surface area (Å²) in [5.74, 6) is 0. The van der Waals surface area contributed by atoms with Crippen LogP contribution in [-0.2, 0) is 13.3 Å². The fourth-order valence-electron chi connectivity index (χ4n) is 1.25. The van der Waals surface area contributed by atoms with Crippen LogP contribution in [0.15, 0.2) is 11.5 Å². The first-order valence-corrected chi connectivity index (χ1v) is 7.37. The number of hydrogen-bond acceptors (Lipinski definition) is 4. The zero-order chi connectivity index (χ0) is 11.0. The van der Waals surface area contributed by atoms with Crippen LogP contribution < -0.4 is 0 Å². The minimum atomic E-state index is -2.47. The molecule has 0 aromatic rings. The molecule has 1 unspecified atom stereocenters. The standard InChI is InChI=1S/C9H20O3SSi/c1-6-8-13-9(7-2)14(10-3,11-4)12-5/h6,8-9H,7H2,1-5H3. The molecular weight excluding hydrogens is 216 g/mol. The fraction of sp³-hybridized carbons (Fsp3) is 0.778. The van der Waals surface area contributed by atoms with Gasteiger partial charge in [-0.2, -0.15) is 0 Å². The van der Waals surface area contributed by atoms with Crippen LogP contribution in [0.25, 0.3) is 0 Å². The van der Waals surface area contributed by atoms with E-state index in [0.717, 1.165) is 6.42 Å². The van der Waals surface area contributed by atoms with Gasteiger partial charge in [0.1, 0.15) is 0 Å². The number of rotatable bonds is 7. The van der Waals surface area contributed by atoms with Gasteiger partial charge in [-0.25, -0.2) is 0 Å². The van der Waals surface area contributed by atoms with Crippen LogP contribution in [0, 0.1) is 0 Å². The van der Waals surface area contributed by atoms with Gasteiger partial charge in [0.15, 0.2) is 0 Å². The lowest BCUT2D eigenvalue weighted by molar-refractivity contribution is 0.121. The Morgan fingerprint density at radius 2 is 1.71 bits per heavy atom. The average molecular weight is 236 g/mol. The molecule has 84 valence electrons. The fourth-order valence-corrected chi connectivity index (χ4v) is 5.34. The van der Waals surface area contributed by atoms with E-state index in [1.165, 1.54) is 0 Å². The third-order valence-electron chi connectivity index (χ3n) is 2.00. The molecule has 5 heteroatoms. The van der Waals surface area contributed by atoms with Gasteiger partial charge in [0.25, 0.3) is 0 Å². The molecule has 0 aromatic carbocycles. The van der Waals surface area contributed by atoms with Crippen LogP contribution in [0.3, 0.4) is 0 Å². The van der Waals surface area contributed by atoms with E-state index >= 15 is 0 Å². The molecule has 0 saturated carbocycles. The van der Waals surface area contributed by atoms with Gasteiger partial charge in [0, 0.05) is 21.3 Å². The van der Waals surface area contributed by atoms with Crippen LogP contribution >= 0.6 is 11.8 Å². The Labute approximate surface area is 92.2 Å². The van der Waals surface area contributed by atoms with Gasteiger partial charge in [-0.15, -0.1) is 11.8 Å². The lowest BCUT2D eigenvalue weighted by Crippen LogP contribution is -2.52. The molecule has 1 atom stereocenters. The highest BCUT2D eigenvalue weighted by atomic mass is 32.2. The molecule has 0 amide bonds. The van der Waals surface area contributed by atoms with E-state index in [2.05, 4.69) is 6.92 Å². The van der Waals surface area contributed by atoms with Gasteiger partial charge >= 0.3 is 8.80 Å². The number of thioether (sulfide) groups is 1. The Bertz CT molecular complexity index is 163. The molecule has 14 heavy (non-hydrogen) atoms. The molecule has 0 radical (unpaired) electrons. The zero-order valence-electron chi connectivity index (χ0n) is 9.57. The van der Waals surface area contributed by atoms with E-state index in [0.29, 0.717) is 0 Å². The van der Waals surface area contributed by atoms with Crippen molar-refractivity contribution in [3.63, 3.8) is 0 Å². The summed E-state index contributed by atoms with van der Waals surface area (Å²) in [6.07, 6.45) is 2.98. The predicted molar refractivity (Wildman–Crippen MR) is 63.3 cm³/mol. The quantitative estimate of drug-likeness (QED) is 0.635. The molecule has 0 fully saturated rings. The van der Waals surface area contributed by atoms with Crippen molar-refractivity contribution in [3.8, 4) is 0 Å². The maximum absolute atomic E-state index is 5.43. The molecule has 0 N–H and O–H groups in total. The molecule has 0 aliphatic heterocycles. The van der Waals surface area contributed by atoms with Gasteiger partial charge in [-0.05, 0) is 18.8 Å². The Hall–Kier alpha value is 0.187. The number of hydrogen-bond donors (Lipinski definition) is 0. The predicted octanol–water partition coefficient (Wildman–Crippen LogP) is 2.45.